The van der Waals surface area contributed by atoms with E-state index in [1.54, 1.807) is 0 Å². The quantitative estimate of drug-likeness (QED) is 0.899. The SMILES string of the molecule is CC(C)CN=C1NC(=O)C(c2ccccc2Br)N1. The first-order valence-electron chi connectivity index (χ1n) is 5.94. The number of carbonyl (C=O) groups is 1. The number of hydrogen-bond acceptors (Lipinski definition) is 2. The van der Waals surface area contributed by atoms with Crippen molar-refractivity contribution in [3.63, 3.8) is 0 Å². The number of benzene rings is 1. The van der Waals surface area contributed by atoms with Gasteiger partial charge in [0.1, 0.15) is 6.04 Å². The zero-order chi connectivity index (χ0) is 13.1. The summed E-state index contributed by atoms with van der Waals surface area (Å²) in [5.41, 5.74) is 0.921. The number of rotatable bonds is 3. The summed E-state index contributed by atoms with van der Waals surface area (Å²) in [6.45, 7) is 4.88. The highest BCUT2D eigenvalue weighted by Gasteiger charge is 2.30. The van der Waals surface area contributed by atoms with Crippen molar-refractivity contribution in [2.24, 2.45) is 10.9 Å². The van der Waals surface area contributed by atoms with Gasteiger partial charge >= 0.3 is 0 Å². The second-order valence-electron chi connectivity index (χ2n) is 4.67. The van der Waals surface area contributed by atoms with Crippen LogP contribution in [0.3, 0.4) is 0 Å². The minimum Gasteiger partial charge on any atom is -0.340 e. The van der Waals surface area contributed by atoms with E-state index in [2.05, 4.69) is 45.4 Å². The molecule has 1 saturated heterocycles. The third kappa shape index (κ3) is 2.90. The van der Waals surface area contributed by atoms with Crippen molar-refractivity contribution in [2.45, 2.75) is 19.9 Å². The van der Waals surface area contributed by atoms with Crippen molar-refractivity contribution in [1.82, 2.24) is 10.6 Å². The van der Waals surface area contributed by atoms with Gasteiger partial charge in [0.25, 0.3) is 5.91 Å². The van der Waals surface area contributed by atoms with Gasteiger partial charge in [0.05, 0.1) is 0 Å². The summed E-state index contributed by atoms with van der Waals surface area (Å²) in [7, 11) is 0. The van der Waals surface area contributed by atoms with E-state index in [1.807, 2.05) is 24.3 Å². The van der Waals surface area contributed by atoms with Crippen LogP contribution in [0.2, 0.25) is 0 Å². The number of halogens is 1. The second kappa shape index (κ2) is 5.52. The minimum absolute atomic E-state index is 0.0654. The highest BCUT2D eigenvalue weighted by atomic mass is 79.9. The van der Waals surface area contributed by atoms with E-state index in [1.165, 1.54) is 0 Å². The van der Waals surface area contributed by atoms with Gasteiger partial charge in [-0.3, -0.25) is 15.1 Å². The van der Waals surface area contributed by atoms with Crippen molar-refractivity contribution in [1.29, 1.82) is 0 Å². The number of guanidine groups is 1. The van der Waals surface area contributed by atoms with Crippen LogP contribution < -0.4 is 10.6 Å². The van der Waals surface area contributed by atoms with E-state index in [9.17, 15) is 4.79 Å². The number of nitrogens with zero attached hydrogens (tertiary/aromatic N) is 1. The van der Waals surface area contributed by atoms with Gasteiger partial charge in [-0.25, -0.2) is 0 Å². The van der Waals surface area contributed by atoms with Crippen molar-refractivity contribution in [3.8, 4) is 0 Å². The van der Waals surface area contributed by atoms with E-state index < -0.39 is 0 Å². The van der Waals surface area contributed by atoms with Gasteiger partial charge in [0.15, 0.2) is 5.96 Å². The van der Waals surface area contributed by atoms with Crippen LogP contribution in [-0.2, 0) is 4.79 Å². The molecule has 2 N–H and O–H groups in total. The highest BCUT2D eigenvalue weighted by Crippen LogP contribution is 2.24. The maximum absolute atomic E-state index is 11.9. The number of carbonyl (C=O) groups excluding carboxylic acids is 1. The summed E-state index contributed by atoms with van der Waals surface area (Å²) in [5.74, 6) is 0.970. The van der Waals surface area contributed by atoms with Crippen LogP contribution in [0, 0.1) is 5.92 Å². The molecule has 1 aromatic carbocycles. The molecule has 1 atom stereocenters. The molecule has 0 radical (unpaired) electrons. The molecule has 0 bridgehead atoms. The summed E-state index contributed by atoms with van der Waals surface area (Å²) in [6, 6.07) is 7.32. The van der Waals surface area contributed by atoms with Crippen LogP contribution in [0.4, 0.5) is 0 Å². The lowest BCUT2D eigenvalue weighted by Gasteiger charge is -2.10. The smallest absolute Gasteiger partial charge is 0.253 e. The minimum atomic E-state index is -0.369. The van der Waals surface area contributed by atoms with Crippen LogP contribution >= 0.6 is 15.9 Å². The Morgan fingerprint density at radius 2 is 2.11 bits per heavy atom. The normalized spacial score (nSPS) is 21.2. The first kappa shape index (κ1) is 13.1. The Morgan fingerprint density at radius 3 is 2.78 bits per heavy atom. The van der Waals surface area contributed by atoms with Crippen LogP contribution in [0.15, 0.2) is 33.7 Å². The van der Waals surface area contributed by atoms with Gasteiger partial charge in [-0.2, -0.15) is 0 Å². The molecule has 0 aromatic heterocycles. The summed E-state index contributed by atoms with van der Waals surface area (Å²) in [6.07, 6.45) is 0. The largest absolute Gasteiger partial charge is 0.340 e. The molecule has 1 unspecified atom stereocenters. The van der Waals surface area contributed by atoms with E-state index in [0.717, 1.165) is 10.0 Å². The molecule has 18 heavy (non-hydrogen) atoms. The van der Waals surface area contributed by atoms with Crippen LogP contribution in [0.1, 0.15) is 25.5 Å². The van der Waals surface area contributed by atoms with Crippen molar-refractivity contribution in [3.05, 3.63) is 34.3 Å². The highest BCUT2D eigenvalue weighted by molar-refractivity contribution is 9.10. The molecule has 1 aliphatic heterocycles. The molecule has 1 heterocycles. The maximum Gasteiger partial charge on any atom is 0.253 e. The molecule has 96 valence electrons. The van der Waals surface area contributed by atoms with Gasteiger partial charge in [-0.15, -0.1) is 0 Å². The zero-order valence-electron chi connectivity index (χ0n) is 10.4. The predicted octanol–water partition coefficient (Wildman–Crippen LogP) is 2.22. The zero-order valence-corrected chi connectivity index (χ0v) is 12.0. The van der Waals surface area contributed by atoms with Crippen LogP contribution in [0.5, 0.6) is 0 Å². The Kier molecular flexibility index (Phi) is 4.01. The fourth-order valence-electron chi connectivity index (χ4n) is 1.71. The fourth-order valence-corrected chi connectivity index (χ4v) is 2.23. The molecular formula is C13H16BrN3O. The molecule has 0 aliphatic carbocycles. The molecule has 0 spiro atoms. The molecule has 1 amide bonds. The second-order valence-corrected chi connectivity index (χ2v) is 5.53. The Balaban J connectivity index is 2.15. The summed E-state index contributed by atoms with van der Waals surface area (Å²) < 4.78 is 0.919. The summed E-state index contributed by atoms with van der Waals surface area (Å²) in [5, 5.41) is 5.88. The standard InChI is InChI=1S/C13H16BrN3O/c1-8(2)7-15-13-16-11(12(18)17-13)9-5-3-4-6-10(9)14/h3-6,8,11H,7H2,1-2H3,(H2,15,16,17,18). The fraction of sp³-hybridized carbons (Fsp3) is 0.385. The Hall–Kier alpha value is -1.36. The lowest BCUT2D eigenvalue weighted by atomic mass is 10.1. The van der Waals surface area contributed by atoms with E-state index in [-0.39, 0.29) is 11.9 Å². The van der Waals surface area contributed by atoms with Crippen LogP contribution in [0.25, 0.3) is 0 Å². The van der Waals surface area contributed by atoms with Gasteiger partial charge in [-0.1, -0.05) is 48.0 Å². The molecule has 1 aromatic rings. The Bertz CT molecular complexity index is 485. The Morgan fingerprint density at radius 1 is 1.39 bits per heavy atom. The topological polar surface area (TPSA) is 53.5 Å². The van der Waals surface area contributed by atoms with E-state index in [4.69, 9.17) is 0 Å². The van der Waals surface area contributed by atoms with E-state index in [0.29, 0.717) is 18.4 Å². The maximum atomic E-state index is 11.9. The van der Waals surface area contributed by atoms with E-state index >= 15 is 0 Å². The number of hydrogen-bond donors (Lipinski definition) is 2. The van der Waals surface area contributed by atoms with Crippen molar-refractivity contribution < 1.29 is 4.79 Å². The lowest BCUT2D eigenvalue weighted by molar-refractivity contribution is -0.120. The van der Waals surface area contributed by atoms with Gasteiger partial charge in [0.2, 0.25) is 0 Å². The summed E-state index contributed by atoms with van der Waals surface area (Å²) >= 11 is 3.46. The third-order valence-electron chi connectivity index (χ3n) is 2.62. The van der Waals surface area contributed by atoms with Gasteiger partial charge in [0, 0.05) is 11.0 Å². The molecule has 2 rings (SSSR count). The predicted molar refractivity (Wildman–Crippen MR) is 75.3 cm³/mol. The molecular weight excluding hydrogens is 294 g/mol. The molecule has 5 heteroatoms. The van der Waals surface area contributed by atoms with Crippen LogP contribution in [-0.4, -0.2) is 18.4 Å². The third-order valence-corrected chi connectivity index (χ3v) is 3.34. The van der Waals surface area contributed by atoms with Crippen molar-refractivity contribution in [2.75, 3.05) is 6.54 Å². The monoisotopic (exact) mass is 309 g/mol. The lowest BCUT2D eigenvalue weighted by Crippen LogP contribution is -2.26. The van der Waals surface area contributed by atoms with Gasteiger partial charge in [-0.05, 0) is 17.5 Å². The first-order valence-corrected chi connectivity index (χ1v) is 6.73. The molecule has 0 saturated carbocycles. The first-order chi connectivity index (χ1) is 8.58. The van der Waals surface area contributed by atoms with Crippen molar-refractivity contribution >= 4 is 27.8 Å². The number of amides is 1. The average molecular weight is 310 g/mol. The molecule has 4 nitrogen and oxygen atoms in total. The Labute approximate surface area is 115 Å². The number of aliphatic imine (C=N–C) groups is 1. The molecule has 1 fully saturated rings. The number of nitrogens with one attached hydrogen (secondary N) is 2. The van der Waals surface area contributed by atoms with Gasteiger partial charge < -0.3 is 5.32 Å². The summed E-state index contributed by atoms with van der Waals surface area (Å²) in [4.78, 5) is 16.2. The average Bonchev–Trinajstić information content (AvgIpc) is 2.69. The molecule has 1 aliphatic rings.